The van der Waals surface area contributed by atoms with E-state index in [0.717, 1.165) is 32.6 Å². The molecule has 92 valence electrons. The third-order valence-corrected chi connectivity index (χ3v) is 3.11. The molecule has 1 saturated heterocycles. The van der Waals surface area contributed by atoms with Crippen molar-refractivity contribution in [2.45, 2.75) is 25.2 Å². The molecule has 1 heterocycles. The summed E-state index contributed by atoms with van der Waals surface area (Å²) in [4.78, 5) is 2.13. The topological polar surface area (TPSA) is 57.5 Å². The van der Waals surface area contributed by atoms with Gasteiger partial charge >= 0.3 is 0 Å². The summed E-state index contributed by atoms with van der Waals surface area (Å²) in [6, 6.07) is 2.33. The van der Waals surface area contributed by atoms with Gasteiger partial charge in [0.15, 0.2) is 11.8 Å². The summed E-state index contributed by atoms with van der Waals surface area (Å²) in [6.07, 6.45) is 0.521. The number of nitrogens with zero attached hydrogens (tertiary/aromatic N) is 2. The second-order valence-electron chi connectivity index (χ2n) is 4.15. The Labute approximate surface area is 97.3 Å². The molecule has 1 atom stereocenters. The molecule has 0 saturated carbocycles. The van der Waals surface area contributed by atoms with Gasteiger partial charge < -0.3 is 14.8 Å². The molecule has 1 aliphatic heterocycles. The summed E-state index contributed by atoms with van der Waals surface area (Å²) >= 11 is 0. The fourth-order valence-electron chi connectivity index (χ4n) is 2.14. The van der Waals surface area contributed by atoms with Crippen LogP contribution in [0.5, 0.6) is 0 Å². The minimum atomic E-state index is -0.727. The van der Waals surface area contributed by atoms with Gasteiger partial charge in [-0.3, -0.25) is 4.90 Å². The van der Waals surface area contributed by atoms with Crippen molar-refractivity contribution in [3.63, 3.8) is 0 Å². The first-order valence-corrected chi connectivity index (χ1v) is 5.61. The largest absolute Gasteiger partial charge is 0.353 e. The molecular weight excluding hydrogens is 206 g/mol. The van der Waals surface area contributed by atoms with E-state index in [1.807, 2.05) is 6.92 Å². The van der Waals surface area contributed by atoms with E-state index in [1.54, 1.807) is 14.2 Å². The van der Waals surface area contributed by atoms with Gasteiger partial charge in [0, 0.05) is 33.9 Å². The highest BCUT2D eigenvalue weighted by Gasteiger charge is 2.41. The van der Waals surface area contributed by atoms with Crippen LogP contribution in [0.25, 0.3) is 0 Å². The van der Waals surface area contributed by atoms with E-state index in [-0.39, 0.29) is 0 Å². The molecular formula is C11H21N3O2. The molecule has 0 spiro atoms. The average Bonchev–Trinajstić information content (AvgIpc) is 2.59. The molecule has 0 aromatic carbocycles. The number of nitriles is 1. The zero-order chi connectivity index (χ0) is 12.0. The predicted octanol–water partition coefficient (Wildman–Crippen LogP) is 0.183. The third-order valence-electron chi connectivity index (χ3n) is 3.11. The van der Waals surface area contributed by atoms with Gasteiger partial charge in [-0.05, 0) is 19.9 Å². The normalized spacial score (nSPS) is 22.4. The molecule has 16 heavy (non-hydrogen) atoms. The van der Waals surface area contributed by atoms with Crippen molar-refractivity contribution < 1.29 is 9.47 Å². The smallest absolute Gasteiger partial charge is 0.188 e. The number of nitrogens with one attached hydrogen (secondary N) is 1. The van der Waals surface area contributed by atoms with Crippen LogP contribution < -0.4 is 5.32 Å². The third kappa shape index (κ3) is 2.71. The summed E-state index contributed by atoms with van der Waals surface area (Å²) in [6.45, 7) is 5.50. The lowest BCUT2D eigenvalue weighted by Gasteiger charge is -2.39. The van der Waals surface area contributed by atoms with Crippen LogP contribution in [-0.4, -0.2) is 57.1 Å². The molecule has 0 aliphatic carbocycles. The maximum atomic E-state index is 9.39. The average molecular weight is 227 g/mol. The van der Waals surface area contributed by atoms with E-state index in [9.17, 15) is 5.26 Å². The van der Waals surface area contributed by atoms with Gasteiger partial charge in [-0.1, -0.05) is 0 Å². The molecule has 0 radical (unpaired) electrons. The van der Waals surface area contributed by atoms with E-state index in [4.69, 9.17) is 9.47 Å². The molecule has 0 aromatic heterocycles. The number of hydrogen-bond acceptors (Lipinski definition) is 5. The standard InChI is InChI=1S/C11H21N3O2/c1-11(9-12,10(15-2)16-3)14-7-4-5-13-6-8-14/h10,13H,4-8H2,1-3H3. The van der Waals surface area contributed by atoms with Gasteiger partial charge in [-0.25, -0.2) is 0 Å². The summed E-state index contributed by atoms with van der Waals surface area (Å²) in [7, 11) is 3.14. The Morgan fingerprint density at radius 2 is 2.00 bits per heavy atom. The Kier molecular flexibility index (Phi) is 5.16. The summed E-state index contributed by atoms with van der Waals surface area (Å²) < 4.78 is 10.5. The van der Waals surface area contributed by atoms with Crippen LogP contribution in [0.2, 0.25) is 0 Å². The SMILES string of the molecule is COC(OC)C(C)(C#N)N1CCCNCC1. The van der Waals surface area contributed by atoms with Gasteiger partial charge in [0.05, 0.1) is 6.07 Å². The van der Waals surface area contributed by atoms with Crippen LogP contribution in [0.4, 0.5) is 0 Å². The fraction of sp³-hybridized carbons (Fsp3) is 0.909. The highest BCUT2D eigenvalue weighted by atomic mass is 16.7. The molecule has 1 N–H and O–H groups in total. The monoisotopic (exact) mass is 227 g/mol. The lowest BCUT2D eigenvalue weighted by Crippen LogP contribution is -2.56. The van der Waals surface area contributed by atoms with Crippen LogP contribution in [0, 0.1) is 11.3 Å². The van der Waals surface area contributed by atoms with E-state index < -0.39 is 11.8 Å². The van der Waals surface area contributed by atoms with Gasteiger partial charge in [0.2, 0.25) is 0 Å². The molecule has 1 rings (SSSR count). The van der Waals surface area contributed by atoms with E-state index in [2.05, 4.69) is 16.3 Å². The quantitative estimate of drug-likeness (QED) is 0.694. The van der Waals surface area contributed by atoms with Gasteiger partial charge in [-0.15, -0.1) is 0 Å². The van der Waals surface area contributed by atoms with Crippen molar-refractivity contribution in [2.24, 2.45) is 0 Å². The number of hydrogen-bond donors (Lipinski definition) is 1. The summed E-state index contributed by atoms with van der Waals surface area (Å²) in [5.74, 6) is 0. The van der Waals surface area contributed by atoms with Crippen molar-refractivity contribution >= 4 is 0 Å². The van der Waals surface area contributed by atoms with Crippen molar-refractivity contribution in [3.8, 4) is 6.07 Å². The minimum Gasteiger partial charge on any atom is -0.353 e. The van der Waals surface area contributed by atoms with Crippen molar-refractivity contribution in [1.29, 1.82) is 5.26 Å². The lowest BCUT2D eigenvalue weighted by atomic mass is 10.0. The van der Waals surface area contributed by atoms with Crippen molar-refractivity contribution in [2.75, 3.05) is 40.4 Å². The molecule has 0 aromatic rings. The number of ether oxygens (including phenoxy) is 2. The van der Waals surface area contributed by atoms with E-state index >= 15 is 0 Å². The second-order valence-corrected chi connectivity index (χ2v) is 4.15. The van der Waals surface area contributed by atoms with E-state index in [0.29, 0.717) is 0 Å². The molecule has 1 unspecified atom stereocenters. The summed E-state index contributed by atoms with van der Waals surface area (Å²) in [5.41, 5.74) is -0.727. The highest BCUT2D eigenvalue weighted by molar-refractivity contribution is 5.08. The van der Waals surface area contributed by atoms with Crippen LogP contribution in [0.15, 0.2) is 0 Å². The molecule has 1 aliphatic rings. The molecule has 5 heteroatoms. The molecule has 0 bridgehead atoms. The Morgan fingerprint density at radius 3 is 2.56 bits per heavy atom. The number of rotatable bonds is 4. The fourth-order valence-corrected chi connectivity index (χ4v) is 2.14. The van der Waals surface area contributed by atoms with Crippen molar-refractivity contribution in [1.82, 2.24) is 10.2 Å². The second kappa shape index (κ2) is 6.16. The van der Waals surface area contributed by atoms with Gasteiger partial charge in [0.25, 0.3) is 0 Å². The zero-order valence-electron chi connectivity index (χ0n) is 10.3. The highest BCUT2D eigenvalue weighted by Crippen LogP contribution is 2.22. The molecule has 1 fully saturated rings. The van der Waals surface area contributed by atoms with Crippen molar-refractivity contribution in [3.05, 3.63) is 0 Å². The minimum absolute atomic E-state index is 0.518. The first-order valence-electron chi connectivity index (χ1n) is 5.61. The number of methoxy groups -OCH3 is 2. The molecule has 0 amide bonds. The Morgan fingerprint density at radius 1 is 1.31 bits per heavy atom. The first-order chi connectivity index (χ1) is 7.69. The van der Waals surface area contributed by atoms with E-state index in [1.165, 1.54) is 0 Å². The lowest BCUT2D eigenvalue weighted by molar-refractivity contribution is -0.165. The maximum Gasteiger partial charge on any atom is 0.188 e. The zero-order valence-corrected chi connectivity index (χ0v) is 10.3. The van der Waals surface area contributed by atoms with Gasteiger partial charge in [0.1, 0.15) is 0 Å². The summed E-state index contributed by atoms with van der Waals surface area (Å²) in [5, 5.41) is 12.7. The first kappa shape index (κ1) is 13.4. The van der Waals surface area contributed by atoms with Crippen LogP contribution in [0.1, 0.15) is 13.3 Å². The predicted molar refractivity (Wildman–Crippen MR) is 60.9 cm³/mol. The van der Waals surface area contributed by atoms with Crippen LogP contribution in [0.3, 0.4) is 0 Å². The molecule has 5 nitrogen and oxygen atoms in total. The Balaban J connectivity index is 2.80. The van der Waals surface area contributed by atoms with Crippen LogP contribution in [-0.2, 0) is 9.47 Å². The van der Waals surface area contributed by atoms with Crippen LogP contribution >= 0.6 is 0 Å². The van der Waals surface area contributed by atoms with Gasteiger partial charge in [-0.2, -0.15) is 5.26 Å². The maximum absolute atomic E-state index is 9.39. The Hall–Kier alpha value is -0.670. The Bertz CT molecular complexity index is 242.